The van der Waals surface area contributed by atoms with E-state index < -0.39 is 0 Å². The number of nitrogens with zero attached hydrogens (tertiary/aromatic N) is 1. The molecule has 1 heterocycles. The van der Waals surface area contributed by atoms with E-state index in [0.717, 1.165) is 30.0 Å². The maximum atomic E-state index is 13.3. The zero-order chi connectivity index (χ0) is 15.0. The van der Waals surface area contributed by atoms with Gasteiger partial charge in [0.2, 0.25) is 0 Å². The highest BCUT2D eigenvalue weighted by Gasteiger charge is 2.43. The smallest absolute Gasteiger partial charge is 0.124 e. The molecule has 1 aliphatic carbocycles. The minimum atomic E-state index is -0.181. The van der Waals surface area contributed by atoms with Gasteiger partial charge in [-0.05, 0) is 63.3 Å². The van der Waals surface area contributed by atoms with Crippen LogP contribution in [0.5, 0.6) is 0 Å². The van der Waals surface area contributed by atoms with E-state index in [0.29, 0.717) is 6.04 Å². The average Bonchev–Trinajstić information content (AvgIpc) is 3.24. The summed E-state index contributed by atoms with van der Waals surface area (Å²) in [6.45, 7) is 7.72. The molecule has 116 valence electrons. The number of nitrogens with one attached hydrogen (secondary N) is 1. The van der Waals surface area contributed by atoms with Crippen molar-refractivity contribution in [3.05, 3.63) is 34.1 Å². The van der Waals surface area contributed by atoms with Gasteiger partial charge in [0.25, 0.3) is 0 Å². The van der Waals surface area contributed by atoms with Crippen molar-refractivity contribution in [1.82, 2.24) is 10.2 Å². The number of benzene rings is 1. The van der Waals surface area contributed by atoms with E-state index >= 15 is 0 Å². The highest BCUT2D eigenvalue weighted by molar-refractivity contribution is 9.10. The molecule has 0 aromatic heterocycles. The van der Waals surface area contributed by atoms with E-state index in [-0.39, 0.29) is 11.4 Å². The first-order valence-corrected chi connectivity index (χ1v) is 8.70. The van der Waals surface area contributed by atoms with E-state index in [1.165, 1.54) is 24.8 Å². The molecule has 4 heteroatoms. The molecule has 2 aliphatic rings. The van der Waals surface area contributed by atoms with Crippen molar-refractivity contribution in [1.29, 1.82) is 0 Å². The standard InChI is InChI=1S/C17H24BrFN2/c1-12-7-8-20-17(2,14-4-5-14)11-21(12)10-13-3-6-15(19)9-16(13)18/h3,6,9,12,14,20H,4-5,7-8,10-11H2,1-2H3. The van der Waals surface area contributed by atoms with Crippen molar-refractivity contribution in [2.45, 2.75) is 51.2 Å². The Kier molecular flexibility index (Phi) is 4.40. The molecule has 2 fully saturated rings. The summed E-state index contributed by atoms with van der Waals surface area (Å²) in [5, 5.41) is 3.78. The maximum absolute atomic E-state index is 13.3. The molecule has 1 aliphatic heterocycles. The maximum Gasteiger partial charge on any atom is 0.124 e. The second kappa shape index (κ2) is 5.98. The molecular formula is C17H24BrFN2. The molecule has 1 saturated carbocycles. The predicted molar refractivity (Wildman–Crippen MR) is 87.7 cm³/mol. The molecule has 2 atom stereocenters. The molecule has 1 aromatic rings. The molecule has 0 bridgehead atoms. The van der Waals surface area contributed by atoms with Crippen LogP contribution in [-0.4, -0.2) is 29.6 Å². The molecule has 2 nitrogen and oxygen atoms in total. The molecule has 21 heavy (non-hydrogen) atoms. The third-order valence-electron chi connectivity index (χ3n) is 5.11. The Hall–Kier alpha value is -0.450. The van der Waals surface area contributed by atoms with Gasteiger partial charge in [0, 0.05) is 29.1 Å². The van der Waals surface area contributed by atoms with Gasteiger partial charge in [0.1, 0.15) is 5.82 Å². The lowest BCUT2D eigenvalue weighted by atomic mass is 9.95. The third-order valence-corrected chi connectivity index (χ3v) is 5.85. The molecule has 2 unspecified atom stereocenters. The van der Waals surface area contributed by atoms with Crippen LogP contribution in [0.3, 0.4) is 0 Å². The minimum absolute atomic E-state index is 0.181. The summed E-state index contributed by atoms with van der Waals surface area (Å²) >= 11 is 3.50. The molecule has 3 rings (SSSR count). The van der Waals surface area contributed by atoms with Crippen LogP contribution in [0.2, 0.25) is 0 Å². The van der Waals surface area contributed by atoms with Crippen LogP contribution in [0.1, 0.15) is 38.7 Å². The van der Waals surface area contributed by atoms with Crippen LogP contribution in [0.15, 0.2) is 22.7 Å². The van der Waals surface area contributed by atoms with Gasteiger partial charge in [-0.15, -0.1) is 0 Å². The summed E-state index contributed by atoms with van der Waals surface area (Å²) < 4.78 is 14.1. The zero-order valence-corrected chi connectivity index (χ0v) is 14.4. The van der Waals surface area contributed by atoms with Gasteiger partial charge < -0.3 is 5.32 Å². The Morgan fingerprint density at radius 2 is 2.14 bits per heavy atom. The van der Waals surface area contributed by atoms with Crippen LogP contribution in [0.4, 0.5) is 4.39 Å². The van der Waals surface area contributed by atoms with Crippen molar-refractivity contribution < 1.29 is 4.39 Å². The van der Waals surface area contributed by atoms with Gasteiger partial charge in [-0.2, -0.15) is 0 Å². The molecule has 1 aromatic carbocycles. The highest BCUT2D eigenvalue weighted by Crippen LogP contribution is 2.41. The molecular weight excluding hydrogens is 331 g/mol. The van der Waals surface area contributed by atoms with Gasteiger partial charge in [0.05, 0.1) is 0 Å². The number of rotatable bonds is 3. The summed E-state index contributed by atoms with van der Waals surface area (Å²) in [5.41, 5.74) is 1.40. The Balaban J connectivity index is 1.77. The van der Waals surface area contributed by atoms with E-state index in [4.69, 9.17) is 0 Å². The first kappa shape index (κ1) is 15.4. The van der Waals surface area contributed by atoms with Gasteiger partial charge in [-0.1, -0.05) is 22.0 Å². The zero-order valence-electron chi connectivity index (χ0n) is 12.8. The monoisotopic (exact) mass is 354 g/mol. The minimum Gasteiger partial charge on any atom is -0.310 e. The second-order valence-electron chi connectivity index (χ2n) is 6.90. The van der Waals surface area contributed by atoms with Crippen LogP contribution < -0.4 is 5.32 Å². The average molecular weight is 355 g/mol. The normalized spacial score (nSPS) is 31.1. The molecule has 0 amide bonds. The van der Waals surface area contributed by atoms with Gasteiger partial charge >= 0.3 is 0 Å². The fraction of sp³-hybridized carbons (Fsp3) is 0.647. The van der Waals surface area contributed by atoms with E-state index in [1.807, 2.05) is 6.07 Å². The second-order valence-corrected chi connectivity index (χ2v) is 7.75. The molecule has 0 radical (unpaired) electrons. The van der Waals surface area contributed by atoms with Crippen molar-refractivity contribution in [3.63, 3.8) is 0 Å². The van der Waals surface area contributed by atoms with Crippen molar-refractivity contribution in [2.75, 3.05) is 13.1 Å². The summed E-state index contributed by atoms with van der Waals surface area (Å²) in [7, 11) is 0. The lowest BCUT2D eigenvalue weighted by molar-refractivity contribution is 0.154. The summed E-state index contributed by atoms with van der Waals surface area (Å²) in [4.78, 5) is 2.55. The fourth-order valence-corrected chi connectivity index (χ4v) is 3.93. The molecule has 1 saturated heterocycles. The van der Waals surface area contributed by atoms with Crippen molar-refractivity contribution >= 4 is 15.9 Å². The topological polar surface area (TPSA) is 15.3 Å². The number of hydrogen-bond donors (Lipinski definition) is 1. The Morgan fingerprint density at radius 1 is 1.38 bits per heavy atom. The Bertz CT molecular complexity index is 518. The van der Waals surface area contributed by atoms with Crippen LogP contribution >= 0.6 is 15.9 Å². The van der Waals surface area contributed by atoms with Gasteiger partial charge in [-0.25, -0.2) is 4.39 Å². The SMILES string of the molecule is CC1CCNC(C)(C2CC2)CN1Cc1ccc(F)cc1Br. The summed E-state index contributed by atoms with van der Waals surface area (Å²) in [6.07, 6.45) is 3.87. The molecule has 0 spiro atoms. The number of hydrogen-bond acceptors (Lipinski definition) is 2. The van der Waals surface area contributed by atoms with Crippen LogP contribution in [0, 0.1) is 11.7 Å². The van der Waals surface area contributed by atoms with E-state index in [9.17, 15) is 4.39 Å². The summed E-state index contributed by atoms with van der Waals surface area (Å²) in [6, 6.07) is 5.57. The first-order chi connectivity index (χ1) is 9.98. The van der Waals surface area contributed by atoms with Gasteiger partial charge in [0.15, 0.2) is 0 Å². The predicted octanol–water partition coefficient (Wildman–Crippen LogP) is 3.94. The van der Waals surface area contributed by atoms with Crippen LogP contribution in [0.25, 0.3) is 0 Å². The molecule has 1 N–H and O–H groups in total. The van der Waals surface area contributed by atoms with E-state index in [2.05, 4.69) is 40.0 Å². The lowest BCUT2D eigenvalue weighted by Gasteiger charge is -2.36. The Labute approximate surface area is 135 Å². The van der Waals surface area contributed by atoms with Gasteiger partial charge in [-0.3, -0.25) is 4.90 Å². The lowest BCUT2D eigenvalue weighted by Crippen LogP contribution is -2.51. The highest BCUT2D eigenvalue weighted by atomic mass is 79.9. The third kappa shape index (κ3) is 3.49. The fourth-order valence-electron chi connectivity index (χ4n) is 3.46. The Morgan fingerprint density at radius 3 is 2.81 bits per heavy atom. The number of halogens is 2. The largest absolute Gasteiger partial charge is 0.310 e. The first-order valence-electron chi connectivity index (χ1n) is 7.91. The summed E-state index contributed by atoms with van der Waals surface area (Å²) in [5.74, 6) is 0.640. The van der Waals surface area contributed by atoms with Crippen molar-refractivity contribution in [3.8, 4) is 0 Å². The van der Waals surface area contributed by atoms with Crippen LogP contribution in [-0.2, 0) is 6.54 Å². The van der Waals surface area contributed by atoms with Crippen molar-refractivity contribution in [2.24, 2.45) is 5.92 Å². The van der Waals surface area contributed by atoms with E-state index in [1.54, 1.807) is 12.1 Å². The quantitative estimate of drug-likeness (QED) is 0.884.